The zero-order valence-corrected chi connectivity index (χ0v) is 15.2. The van der Waals surface area contributed by atoms with Crippen molar-refractivity contribution in [3.8, 4) is 5.75 Å². The molecule has 0 radical (unpaired) electrons. The Hall–Kier alpha value is -1.14. The van der Waals surface area contributed by atoms with Crippen LogP contribution < -0.4 is 21.7 Å². The van der Waals surface area contributed by atoms with E-state index in [1.807, 2.05) is 0 Å². The number of aromatic nitrogens is 1. The molecule has 1 amide bonds. The molecule has 1 rings (SSSR count). The van der Waals surface area contributed by atoms with Crippen LogP contribution in [0.3, 0.4) is 0 Å². The van der Waals surface area contributed by atoms with Crippen molar-refractivity contribution >= 4 is 6.09 Å². The van der Waals surface area contributed by atoms with E-state index in [0.29, 0.717) is 5.75 Å². The quantitative estimate of drug-likeness (QED) is 0.644. The van der Waals surface area contributed by atoms with E-state index in [-0.39, 0.29) is 23.1 Å². The highest BCUT2D eigenvalue weighted by atomic mass is 79.9. The number of rotatable bonds is 6. The van der Waals surface area contributed by atoms with E-state index in [0.717, 1.165) is 36.4 Å². The van der Waals surface area contributed by atoms with Gasteiger partial charge < -0.3 is 31.1 Å². The number of halogens is 1. The molecule has 1 heterocycles. The summed E-state index contributed by atoms with van der Waals surface area (Å²) in [7, 11) is 3.34. The number of carbonyl (C=O) groups is 1. The molecule has 0 aromatic carbocycles. The zero-order valence-electron chi connectivity index (χ0n) is 13.6. The Kier molecular flexibility index (Phi) is 8.51. The van der Waals surface area contributed by atoms with Crippen LogP contribution in [0.15, 0.2) is 18.3 Å². The van der Waals surface area contributed by atoms with E-state index in [4.69, 9.17) is 4.74 Å². The van der Waals surface area contributed by atoms with E-state index < -0.39 is 0 Å². The molecular weight excluding hydrogens is 334 g/mol. The van der Waals surface area contributed by atoms with Gasteiger partial charge in [-0.05, 0) is 32.9 Å². The molecule has 6 heteroatoms. The number of carbonyl (C=O) groups excluding carboxylic acids is 1. The lowest BCUT2D eigenvalue weighted by Gasteiger charge is -2.35. The van der Waals surface area contributed by atoms with Crippen molar-refractivity contribution in [2.45, 2.75) is 27.3 Å². The van der Waals surface area contributed by atoms with Crippen molar-refractivity contribution in [1.82, 2.24) is 9.88 Å². The minimum Gasteiger partial charge on any atom is -1.00 e. The highest BCUT2D eigenvalue weighted by molar-refractivity contribution is 5.70. The van der Waals surface area contributed by atoms with E-state index >= 15 is 0 Å². The van der Waals surface area contributed by atoms with Gasteiger partial charge in [-0.3, -0.25) is 4.98 Å². The molecule has 1 aromatic rings. The molecule has 0 fully saturated rings. The lowest BCUT2D eigenvalue weighted by Crippen LogP contribution is -3.00. The van der Waals surface area contributed by atoms with Gasteiger partial charge in [0, 0.05) is 20.3 Å². The molecule has 21 heavy (non-hydrogen) atoms. The zero-order chi connectivity index (χ0) is 15.2. The maximum absolute atomic E-state index is 11.7. The fourth-order valence-corrected chi connectivity index (χ4v) is 2.14. The van der Waals surface area contributed by atoms with Crippen LogP contribution in [0.1, 0.15) is 26.5 Å². The van der Waals surface area contributed by atoms with Gasteiger partial charge in [-0.2, -0.15) is 0 Å². The molecule has 0 bridgehead atoms. The SMILES string of the molecule is CC[N+](CC)(CC)Cc1ncccc1OC(=O)N(C)C.[Br-]. The summed E-state index contributed by atoms with van der Waals surface area (Å²) in [5.41, 5.74) is 0.841. The standard InChI is InChI=1S/C15H26N3O2.BrH/c1-6-18(7-2,8-3)12-13-14(10-9-11-16-13)20-15(19)17(4)5;/h9-11H,6-8,12H2,1-5H3;1H/q+1;/p-1. The number of quaternary nitrogens is 1. The molecule has 120 valence electrons. The van der Waals surface area contributed by atoms with Crippen molar-refractivity contribution < 1.29 is 31.0 Å². The van der Waals surface area contributed by atoms with Gasteiger partial charge in [-0.15, -0.1) is 0 Å². The van der Waals surface area contributed by atoms with Gasteiger partial charge in [0.2, 0.25) is 0 Å². The predicted molar refractivity (Wildman–Crippen MR) is 79.5 cm³/mol. The summed E-state index contributed by atoms with van der Waals surface area (Å²) < 4.78 is 6.33. The number of hydrogen-bond donors (Lipinski definition) is 0. The minimum atomic E-state index is -0.373. The van der Waals surface area contributed by atoms with Crippen LogP contribution in [0.4, 0.5) is 4.79 Å². The van der Waals surface area contributed by atoms with Crippen molar-refractivity contribution in [2.75, 3.05) is 33.7 Å². The smallest absolute Gasteiger partial charge is 0.414 e. The summed E-state index contributed by atoms with van der Waals surface area (Å²) in [6.07, 6.45) is 1.37. The fourth-order valence-electron chi connectivity index (χ4n) is 2.14. The highest BCUT2D eigenvalue weighted by Crippen LogP contribution is 2.21. The fraction of sp³-hybridized carbons (Fsp3) is 0.600. The molecule has 0 unspecified atom stereocenters. The summed E-state index contributed by atoms with van der Waals surface area (Å²) in [4.78, 5) is 17.5. The molecule has 1 aromatic heterocycles. The second kappa shape index (κ2) is 9.00. The Morgan fingerprint density at radius 3 is 2.29 bits per heavy atom. The average Bonchev–Trinajstić information content (AvgIpc) is 2.46. The number of ether oxygens (including phenoxy) is 1. The van der Waals surface area contributed by atoms with Gasteiger partial charge in [-0.25, -0.2) is 4.79 Å². The predicted octanol–water partition coefficient (Wildman–Crippen LogP) is -0.477. The third kappa shape index (κ3) is 5.28. The molecule has 0 aliphatic carbocycles. The van der Waals surface area contributed by atoms with Crippen LogP contribution in [0.2, 0.25) is 0 Å². The van der Waals surface area contributed by atoms with Gasteiger partial charge in [0.15, 0.2) is 5.75 Å². The van der Waals surface area contributed by atoms with Crippen LogP contribution in [-0.4, -0.2) is 54.2 Å². The molecular formula is C15H26BrN3O2. The topological polar surface area (TPSA) is 42.4 Å². The molecule has 0 aliphatic rings. The third-order valence-corrected chi connectivity index (χ3v) is 3.91. The summed E-state index contributed by atoms with van der Waals surface area (Å²) >= 11 is 0. The average molecular weight is 360 g/mol. The Bertz CT molecular complexity index is 440. The first kappa shape index (κ1) is 19.9. The first-order valence-corrected chi connectivity index (χ1v) is 7.16. The molecule has 0 N–H and O–H groups in total. The summed E-state index contributed by atoms with van der Waals surface area (Å²) in [5.74, 6) is 0.559. The molecule has 0 aliphatic heterocycles. The van der Waals surface area contributed by atoms with E-state index in [1.54, 1.807) is 32.4 Å². The number of amides is 1. The van der Waals surface area contributed by atoms with Gasteiger partial charge in [-0.1, -0.05) is 0 Å². The molecule has 0 spiro atoms. The monoisotopic (exact) mass is 359 g/mol. The Labute approximate surface area is 138 Å². The van der Waals surface area contributed by atoms with Crippen molar-refractivity contribution in [3.05, 3.63) is 24.0 Å². The lowest BCUT2D eigenvalue weighted by molar-refractivity contribution is -0.936. The second-order valence-electron chi connectivity index (χ2n) is 5.16. The maximum Gasteiger partial charge on any atom is 0.414 e. The van der Waals surface area contributed by atoms with Gasteiger partial charge in [0.05, 0.1) is 19.6 Å². The molecule has 0 atom stereocenters. The van der Waals surface area contributed by atoms with Gasteiger partial charge >= 0.3 is 6.09 Å². The van der Waals surface area contributed by atoms with E-state index in [9.17, 15) is 4.79 Å². The summed E-state index contributed by atoms with van der Waals surface area (Å²) in [6.45, 7) is 10.4. The molecule has 0 saturated heterocycles. The molecule has 5 nitrogen and oxygen atoms in total. The van der Waals surface area contributed by atoms with Crippen molar-refractivity contribution in [3.63, 3.8) is 0 Å². The van der Waals surface area contributed by atoms with Crippen LogP contribution in [-0.2, 0) is 6.54 Å². The maximum atomic E-state index is 11.7. The van der Waals surface area contributed by atoms with E-state index in [1.165, 1.54) is 4.90 Å². The van der Waals surface area contributed by atoms with Crippen LogP contribution in [0.25, 0.3) is 0 Å². The number of nitrogens with zero attached hydrogens (tertiary/aromatic N) is 3. The summed E-state index contributed by atoms with van der Waals surface area (Å²) in [6, 6.07) is 3.60. The number of hydrogen-bond acceptors (Lipinski definition) is 3. The Morgan fingerprint density at radius 2 is 1.81 bits per heavy atom. The van der Waals surface area contributed by atoms with Crippen LogP contribution in [0.5, 0.6) is 5.75 Å². The first-order valence-electron chi connectivity index (χ1n) is 7.16. The van der Waals surface area contributed by atoms with Crippen molar-refractivity contribution in [1.29, 1.82) is 0 Å². The first-order chi connectivity index (χ1) is 9.48. The largest absolute Gasteiger partial charge is 1.00 e. The highest BCUT2D eigenvalue weighted by Gasteiger charge is 2.24. The van der Waals surface area contributed by atoms with E-state index in [2.05, 4.69) is 25.8 Å². The van der Waals surface area contributed by atoms with Gasteiger partial charge in [0.1, 0.15) is 12.2 Å². The molecule has 0 saturated carbocycles. The van der Waals surface area contributed by atoms with Crippen molar-refractivity contribution in [2.24, 2.45) is 0 Å². The second-order valence-corrected chi connectivity index (χ2v) is 5.16. The van der Waals surface area contributed by atoms with Crippen LogP contribution >= 0.6 is 0 Å². The number of pyridine rings is 1. The van der Waals surface area contributed by atoms with Crippen LogP contribution in [0, 0.1) is 0 Å². The third-order valence-electron chi connectivity index (χ3n) is 3.91. The lowest BCUT2D eigenvalue weighted by atomic mass is 10.2. The van der Waals surface area contributed by atoms with Gasteiger partial charge in [0.25, 0.3) is 0 Å². The Balaban J connectivity index is 0.00000400. The normalized spacial score (nSPS) is 10.7. The Morgan fingerprint density at radius 1 is 1.24 bits per heavy atom. The minimum absolute atomic E-state index is 0. The summed E-state index contributed by atoms with van der Waals surface area (Å²) in [5, 5.41) is 0.